The number of benzene rings is 1. The Morgan fingerprint density at radius 2 is 1.88 bits per heavy atom. The zero-order valence-electron chi connectivity index (χ0n) is 14.6. The number of carbonyl (C=O) groups excluding carboxylic acids is 1. The maximum absolute atomic E-state index is 13.1. The van der Waals surface area contributed by atoms with Gasteiger partial charge in [0.1, 0.15) is 27.8 Å². The van der Waals surface area contributed by atoms with Crippen LogP contribution in [0, 0.1) is 5.82 Å². The minimum Gasteiger partial charge on any atom is -0.444 e. The normalized spacial score (nSPS) is 19.6. The minimum atomic E-state index is -0.507. The van der Waals surface area contributed by atoms with Crippen molar-refractivity contribution in [3.05, 3.63) is 35.6 Å². The van der Waals surface area contributed by atoms with Gasteiger partial charge in [-0.05, 0) is 45.0 Å². The zero-order valence-corrected chi connectivity index (χ0v) is 15.5. The van der Waals surface area contributed by atoms with E-state index in [4.69, 9.17) is 21.9 Å². The minimum absolute atomic E-state index is 0.290. The maximum Gasteiger partial charge on any atom is 0.410 e. The molecule has 1 N–H and O–H groups in total. The quantitative estimate of drug-likeness (QED) is 0.778. The Kier molecular flexibility index (Phi) is 4.53. The van der Waals surface area contributed by atoms with Crippen LogP contribution in [-0.2, 0) is 4.74 Å². The van der Waals surface area contributed by atoms with Crippen molar-refractivity contribution in [1.82, 2.24) is 10.2 Å². The summed E-state index contributed by atoms with van der Waals surface area (Å²) in [7, 11) is 0. The summed E-state index contributed by atoms with van der Waals surface area (Å²) in [6.45, 7) is 6.65. The second-order valence-electron chi connectivity index (χ2n) is 7.42. The van der Waals surface area contributed by atoms with Crippen LogP contribution >= 0.6 is 12.2 Å². The van der Waals surface area contributed by atoms with Crippen molar-refractivity contribution in [3.8, 4) is 0 Å². The molecule has 25 heavy (non-hydrogen) atoms. The number of carbonyl (C=O) groups is 1. The molecule has 1 amide bonds. The molecule has 1 saturated heterocycles. The molecule has 5 nitrogen and oxygen atoms in total. The molecular weight excluding hydrogens is 341 g/mol. The summed E-state index contributed by atoms with van der Waals surface area (Å²) in [6, 6.07) is 6.15. The molecule has 2 aliphatic heterocycles. The van der Waals surface area contributed by atoms with Gasteiger partial charge in [-0.2, -0.15) is 0 Å². The van der Waals surface area contributed by atoms with E-state index in [2.05, 4.69) is 5.32 Å². The Morgan fingerprint density at radius 1 is 1.28 bits per heavy atom. The fraction of sp³-hybridized carbons (Fsp3) is 0.500. The third-order valence-corrected chi connectivity index (χ3v) is 4.54. The number of hydrogen-bond donors (Lipinski definition) is 1. The highest BCUT2D eigenvalue weighted by Crippen LogP contribution is 2.30. The summed E-state index contributed by atoms with van der Waals surface area (Å²) < 4.78 is 18.5. The smallest absolute Gasteiger partial charge is 0.410 e. The van der Waals surface area contributed by atoms with Gasteiger partial charge in [0.05, 0.1) is 0 Å². The summed E-state index contributed by atoms with van der Waals surface area (Å²) in [5, 5.41) is 3.30. The summed E-state index contributed by atoms with van der Waals surface area (Å²) in [4.78, 5) is 19.2. The number of hydrogen-bond acceptors (Lipinski definition) is 4. The Bertz CT molecular complexity index is 717. The third-order valence-electron chi connectivity index (χ3n) is 4.25. The lowest BCUT2D eigenvalue weighted by molar-refractivity contribution is 0.0165. The number of rotatable bonds is 1. The second kappa shape index (κ2) is 6.37. The molecule has 7 heteroatoms. The van der Waals surface area contributed by atoms with Gasteiger partial charge in [-0.15, -0.1) is 0 Å². The summed E-state index contributed by atoms with van der Waals surface area (Å²) in [5.41, 5.74) is 0.484. The molecule has 0 aromatic heterocycles. The van der Waals surface area contributed by atoms with Crippen LogP contribution in [0.2, 0.25) is 0 Å². The van der Waals surface area contributed by atoms with Crippen LogP contribution in [0.15, 0.2) is 29.3 Å². The van der Waals surface area contributed by atoms with E-state index in [-0.39, 0.29) is 11.9 Å². The van der Waals surface area contributed by atoms with Gasteiger partial charge in [-0.25, -0.2) is 9.18 Å². The van der Waals surface area contributed by atoms with Crippen molar-refractivity contribution >= 4 is 29.0 Å². The second-order valence-corrected chi connectivity index (χ2v) is 7.83. The lowest BCUT2D eigenvalue weighted by atomic mass is 9.98. The van der Waals surface area contributed by atoms with E-state index < -0.39 is 11.3 Å². The number of amides is 1. The highest BCUT2D eigenvalue weighted by molar-refractivity contribution is 7.82. The Labute approximate surface area is 152 Å². The molecule has 1 aromatic rings. The van der Waals surface area contributed by atoms with Crippen LogP contribution in [0.1, 0.15) is 39.2 Å². The average molecular weight is 363 g/mol. The van der Waals surface area contributed by atoms with Gasteiger partial charge in [-0.3, -0.25) is 4.99 Å². The van der Waals surface area contributed by atoms with Crippen molar-refractivity contribution in [2.45, 2.75) is 44.9 Å². The zero-order chi connectivity index (χ0) is 18.2. The fourth-order valence-electron chi connectivity index (χ4n) is 2.99. The van der Waals surface area contributed by atoms with Gasteiger partial charge in [0.2, 0.25) is 0 Å². The third kappa shape index (κ3) is 3.98. The molecule has 1 aromatic carbocycles. The van der Waals surface area contributed by atoms with Crippen LogP contribution < -0.4 is 5.32 Å². The highest BCUT2D eigenvalue weighted by Gasteiger charge is 2.42. The SMILES string of the molecule is CC(C)(C)OC(=O)N1CCC2(CC1)N=C(c1ccc(F)cc1)C(=S)N2. The molecule has 0 unspecified atom stereocenters. The van der Waals surface area contributed by atoms with Crippen molar-refractivity contribution in [1.29, 1.82) is 0 Å². The first-order chi connectivity index (χ1) is 11.7. The van der Waals surface area contributed by atoms with Gasteiger partial charge in [0.15, 0.2) is 0 Å². The predicted octanol–water partition coefficient (Wildman–Crippen LogP) is 3.27. The average Bonchev–Trinajstić information content (AvgIpc) is 2.83. The molecule has 1 fully saturated rings. The highest BCUT2D eigenvalue weighted by atomic mass is 32.1. The molecule has 2 heterocycles. The van der Waals surface area contributed by atoms with Gasteiger partial charge in [0, 0.05) is 31.5 Å². The summed E-state index contributed by atoms with van der Waals surface area (Å²) >= 11 is 5.42. The maximum atomic E-state index is 13.1. The molecular formula is C18H22FN3O2S. The van der Waals surface area contributed by atoms with E-state index in [1.54, 1.807) is 17.0 Å². The fourth-order valence-corrected chi connectivity index (χ4v) is 3.34. The molecule has 3 rings (SSSR count). The topological polar surface area (TPSA) is 53.9 Å². The van der Waals surface area contributed by atoms with Crippen LogP contribution in [0.3, 0.4) is 0 Å². The Morgan fingerprint density at radius 3 is 2.44 bits per heavy atom. The Balaban J connectivity index is 1.70. The number of ether oxygens (including phenoxy) is 1. The van der Waals surface area contributed by atoms with Gasteiger partial charge < -0.3 is 15.0 Å². The number of nitrogens with zero attached hydrogens (tertiary/aromatic N) is 2. The van der Waals surface area contributed by atoms with Crippen LogP contribution in [-0.4, -0.2) is 46.0 Å². The first kappa shape index (κ1) is 17.8. The molecule has 2 aliphatic rings. The molecule has 0 atom stereocenters. The molecule has 134 valence electrons. The molecule has 0 bridgehead atoms. The number of nitrogens with one attached hydrogen (secondary N) is 1. The number of thiocarbonyl (C=S) groups is 1. The Hall–Kier alpha value is -2.02. The lowest BCUT2D eigenvalue weighted by Gasteiger charge is -2.38. The van der Waals surface area contributed by atoms with E-state index in [0.29, 0.717) is 36.6 Å². The number of piperidine rings is 1. The van der Waals surface area contributed by atoms with Gasteiger partial charge in [-0.1, -0.05) is 12.2 Å². The molecule has 0 radical (unpaired) electrons. The first-order valence-electron chi connectivity index (χ1n) is 8.34. The van der Waals surface area contributed by atoms with Crippen LogP contribution in [0.4, 0.5) is 9.18 Å². The number of halogens is 1. The standard InChI is InChI=1S/C18H22FN3O2S/c1-17(2,3)24-16(23)22-10-8-18(9-11-22)20-14(15(25)21-18)12-4-6-13(19)7-5-12/h4-7H,8-11H2,1-3H3,(H,21,25). The van der Waals surface area contributed by atoms with Gasteiger partial charge in [0.25, 0.3) is 0 Å². The number of aliphatic imine (C=N–C) groups is 1. The van der Waals surface area contributed by atoms with E-state index in [0.717, 1.165) is 5.56 Å². The number of likely N-dealkylation sites (tertiary alicyclic amines) is 1. The first-order valence-corrected chi connectivity index (χ1v) is 8.75. The van der Waals surface area contributed by atoms with Crippen molar-refractivity contribution in [2.75, 3.05) is 13.1 Å². The van der Waals surface area contributed by atoms with Gasteiger partial charge >= 0.3 is 6.09 Å². The lowest BCUT2D eigenvalue weighted by Crippen LogP contribution is -2.52. The molecule has 0 saturated carbocycles. The summed E-state index contributed by atoms with van der Waals surface area (Å²) in [6.07, 6.45) is 0.999. The van der Waals surface area contributed by atoms with Crippen molar-refractivity contribution in [3.63, 3.8) is 0 Å². The van der Waals surface area contributed by atoms with Crippen LogP contribution in [0.5, 0.6) is 0 Å². The van der Waals surface area contributed by atoms with E-state index >= 15 is 0 Å². The molecule has 0 aliphatic carbocycles. The van der Waals surface area contributed by atoms with Crippen LogP contribution in [0.25, 0.3) is 0 Å². The van der Waals surface area contributed by atoms with Crippen molar-refractivity contribution < 1.29 is 13.9 Å². The monoisotopic (exact) mass is 363 g/mol. The molecule has 1 spiro atoms. The summed E-state index contributed by atoms with van der Waals surface area (Å²) in [5.74, 6) is -0.290. The van der Waals surface area contributed by atoms with E-state index in [1.165, 1.54) is 12.1 Å². The predicted molar refractivity (Wildman–Crippen MR) is 98.4 cm³/mol. The largest absolute Gasteiger partial charge is 0.444 e. The van der Waals surface area contributed by atoms with Crippen molar-refractivity contribution in [2.24, 2.45) is 4.99 Å². The van der Waals surface area contributed by atoms with E-state index in [1.807, 2.05) is 20.8 Å². The van der Waals surface area contributed by atoms with E-state index in [9.17, 15) is 9.18 Å².